The van der Waals surface area contributed by atoms with Crippen LogP contribution in [0.4, 0.5) is 10.6 Å². The van der Waals surface area contributed by atoms with Crippen molar-refractivity contribution >= 4 is 29.5 Å². The van der Waals surface area contributed by atoms with E-state index in [1.54, 1.807) is 20.8 Å². The van der Waals surface area contributed by atoms with Crippen molar-refractivity contribution < 1.29 is 19.1 Å². The van der Waals surface area contributed by atoms with E-state index in [1.807, 2.05) is 0 Å². The lowest BCUT2D eigenvalue weighted by Gasteiger charge is -2.19. The molecule has 1 aromatic heterocycles. The van der Waals surface area contributed by atoms with E-state index in [1.165, 1.54) is 13.2 Å². The van der Waals surface area contributed by atoms with Crippen molar-refractivity contribution in [3.05, 3.63) is 16.8 Å². The second-order valence-electron chi connectivity index (χ2n) is 4.93. The van der Waals surface area contributed by atoms with Gasteiger partial charge in [0.25, 0.3) is 0 Å². The first-order valence-corrected chi connectivity index (χ1v) is 6.18. The number of halogens is 1. The highest BCUT2D eigenvalue weighted by molar-refractivity contribution is 6.30. The quantitative estimate of drug-likeness (QED) is 0.861. The first-order valence-electron chi connectivity index (χ1n) is 5.80. The lowest BCUT2D eigenvalue weighted by molar-refractivity contribution is -0.139. The molecular formula is C12H16ClN3O4. The standard InChI is InChI=1S/C12H16ClN3O4/c1-12(2,3)20-11(18)14-8-5-7(6-9(17)19-4)10(13)16-15-8/h5H,6H2,1-4H3,(H,14,15,18). The summed E-state index contributed by atoms with van der Waals surface area (Å²) in [5, 5.41) is 9.84. The van der Waals surface area contributed by atoms with Gasteiger partial charge in [0.2, 0.25) is 0 Å². The van der Waals surface area contributed by atoms with E-state index in [9.17, 15) is 9.59 Å². The van der Waals surface area contributed by atoms with Gasteiger partial charge in [0.15, 0.2) is 11.0 Å². The molecule has 0 spiro atoms. The molecule has 1 heterocycles. The number of esters is 1. The molecule has 110 valence electrons. The van der Waals surface area contributed by atoms with Crippen LogP contribution in [0.5, 0.6) is 0 Å². The van der Waals surface area contributed by atoms with Crippen LogP contribution in [0.3, 0.4) is 0 Å². The SMILES string of the molecule is COC(=O)Cc1cc(NC(=O)OC(C)(C)C)nnc1Cl. The molecule has 1 amide bonds. The Kier molecular flexibility index (Phi) is 5.26. The molecule has 0 aromatic carbocycles. The third kappa shape index (κ3) is 5.40. The van der Waals surface area contributed by atoms with Gasteiger partial charge in [0.05, 0.1) is 13.5 Å². The number of rotatable bonds is 3. The number of nitrogens with zero attached hydrogens (tertiary/aromatic N) is 2. The average Bonchev–Trinajstić information content (AvgIpc) is 2.30. The third-order valence-electron chi connectivity index (χ3n) is 2.01. The van der Waals surface area contributed by atoms with Crippen LogP contribution in [0.15, 0.2) is 6.07 Å². The van der Waals surface area contributed by atoms with E-state index in [-0.39, 0.29) is 17.4 Å². The van der Waals surface area contributed by atoms with Gasteiger partial charge in [-0.1, -0.05) is 11.6 Å². The Bertz CT molecular complexity index is 514. The Labute approximate surface area is 121 Å². The molecule has 1 N–H and O–H groups in total. The first-order chi connectivity index (χ1) is 9.21. The number of carbonyl (C=O) groups excluding carboxylic acids is 2. The number of aromatic nitrogens is 2. The van der Waals surface area contributed by atoms with Gasteiger partial charge in [0, 0.05) is 5.56 Å². The Morgan fingerprint density at radius 1 is 1.35 bits per heavy atom. The molecule has 0 atom stereocenters. The van der Waals surface area contributed by atoms with Gasteiger partial charge in [-0.25, -0.2) is 4.79 Å². The van der Waals surface area contributed by atoms with E-state index in [2.05, 4.69) is 20.3 Å². The highest BCUT2D eigenvalue weighted by Gasteiger charge is 2.17. The van der Waals surface area contributed by atoms with E-state index in [0.29, 0.717) is 5.56 Å². The number of methoxy groups -OCH3 is 1. The largest absolute Gasteiger partial charge is 0.469 e. The highest BCUT2D eigenvalue weighted by atomic mass is 35.5. The van der Waals surface area contributed by atoms with Crippen molar-refractivity contribution in [3.8, 4) is 0 Å². The van der Waals surface area contributed by atoms with Crippen molar-refractivity contribution in [1.82, 2.24) is 10.2 Å². The van der Waals surface area contributed by atoms with Crippen LogP contribution in [0.1, 0.15) is 26.3 Å². The number of nitrogens with one attached hydrogen (secondary N) is 1. The molecule has 0 bridgehead atoms. The molecule has 0 radical (unpaired) electrons. The minimum atomic E-state index is -0.668. The van der Waals surface area contributed by atoms with Gasteiger partial charge in [0.1, 0.15) is 5.60 Å². The molecule has 1 aromatic rings. The molecule has 20 heavy (non-hydrogen) atoms. The number of carbonyl (C=O) groups is 2. The van der Waals surface area contributed by atoms with Gasteiger partial charge in [-0.15, -0.1) is 10.2 Å². The summed E-state index contributed by atoms with van der Waals surface area (Å²) in [5.41, 5.74) is -0.224. The maximum atomic E-state index is 11.6. The van der Waals surface area contributed by atoms with E-state index in [4.69, 9.17) is 16.3 Å². The van der Waals surface area contributed by atoms with E-state index >= 15 is 0 Å². The number of hydrogen-bond donors (Lipinski definition) is 1. The van der Waals surface area contributed by atoms with Gasteiger partial charge in [-0.3, -0.25) is 10.1 Å². The fourth-order valence-corrected chi connectivity index (χ4v) is 1.40. The van der Waals surface area contributed by atoms with Gasteiger partial charge in [-0.2, -0.15) is 0 Å². The van der Waals surface area contributed by atoms with Crippen LogP contribution in [0.2, 0.25) is 5.15 Å². The Hall–Kier alpha value is -1.89. The van der Waals surface area contributed by atoms with Crippen LogP contribution in [0.25, 0.3) is 0 Å². The zero-order valence-electron chi connectivity index (χ0n) is 11.7. The minimum Gasteiger partial charge on any atom is -0.469 e. The van der Waals surface area contributed by atoms with E-state index < -0.39 is 17.7 Å². The summed E-state index contributed by atoms with van der Waals surface area (Å²) >= 11 is 5.81. The highest BCUT2D eigenvalue weighted by Crippen LogP contribution is 2.17. The van der Waals surface area contributed by atoms with Crippen molar-refractivity contribution in [3.63, 3.8) is 0 Å². The molecule has 0 aliphatic carbocycles. The van der Waals surface area contributed by atoms with Gasteiger partial charge in [-0.05, 0) is 26.8 Å². The molecule has 0 unspecified atom stereocenters. The fraction of sp³-hybridized carbons (Fsp3) is 0.500. The summed E-state index contributed by atoms with van der Waals surface area (Å²) in [6.07, 6.45) is -0.730. The molecule has 0 fully saturated rings. The van der Waals surface area contributed by atoms with Crippen LogP contribution in [-0.4, -0.2) is 35.0 Å². The summed E-state index contributed by atoms with van der Waals surface area (Å²) in [5.74, 6) is -0.328. The Morgan fingerprint density at radius 3 is 2.55 bits per heavy atom. The van der Waals surface area contributed by atoms with Gasteiger partial charge >= 0.3 is 12.1 Å². The van der Waals surface area contributed by atoms with Crippen molar-refractivity contribution in [2.75, 3.05) is 12.4 Å². The molecule has 0 saturated carbocycles. The number of ether oxygens (including phenoxy) is 2. The molecule has 8 heteroatoms. The predicted molar refractivity (Wildman–Crippen MR) is 72.6 cm³/mol. The Morgan fingerprint density at radius 2 is 2.00 bits per heavy atom. The first kappa shape index (κ1) is 16.2. The predicted octanol–water partition coefficient (Wildman–Crippen LogP) is 2.19. The molecule has 1 rings (SSSR count). The zero-order valence-corrected chi connectivity index (χ0v) is 12.4. The third-order valence-corrected chi connectivity index (χ3v) is 2.33. The molecule has 7 nitrogen and oxygen atoms in total. The summed E-state index contributed by atoms with van der Waals surface area (Å²) < 4.78 is 9.61. The molecular weight excluding hydrogens is 286 g/mol. The molecule has 0 saturated heterocycles. The topological polar surface area (TPSA) is 90.4 Å². The minimum absolute atomic E-state index is 0.0617. The second-order valence-corrected chi connectivity index (χ2v) is 5.28. The monoisotopic (exact) mass is 301 g/mol. The fourth-order valence-electron chi connectivity index (χ4n) is 1.24. The summed E-state index contributed by atoms with van der Waals surface area (Å²) in [7, 11) is 1.27. The summed E-state index contributed by atoms with van der Waals surface area (Å²) in [4.78, 5) is 22.8. The maximum Gasteiger partial charge on any atom is 0.413 e. The van der Waals surface area contributed by atoms with Crippen LogP contribution < -0.4 is 5.32 Å². The number of amides is 1. The van der Waals surface area contributed by atoms with Gasteiger partial charge < -0.3 is 9.47 Å². The normalized spacial score (nSPS) is 10.8. The molecule has 0 aliphatic heterocycles. The van der Waals surface area contributed by atoms with Crippen LogP contribution in [-0.2, 0) is 20.7 Å². The van der Waals surface area contributed by atoms with Crippen LogP contribution in [0, 0.1) is 0 Å². The van der Waals surface area contributed by atoms with Crippen molar-refractivity contribution in [2.45, 2.75) is 32.8 Å². The van der Waals surface area contributed by atoms with Crippen molar-refractivity contribution in [2.24, 2.45) is 0 Å². The maximum absolute atomic E-state index is 11.6. The number of hydrogen-bond acceptors (Lipinski definition) is 6. The second kappa shape index (κ2) is 6.51. The average molecular weight is 302 g/mol. The van der Waals surface area contributed by atoms with Crippen LogP contribution >= 0.6 is 11.6 Å². The zero-order chi connectivity index (χ0) is 15.3. The number of anilines is 1. The summed E-state index contributed by atoms with van der Waals surface area (Å²) in [6, 6.07) is 1.44. The lowest BCUT2D eigenvalue weighted by atomic mass is 10.2. The smallest absolute Gasteiger partial charge is 0.413 e. The Balaban J connectivity index is 2.79. The lowest BCUT2D eigenvalue weighted by Crippen LogP contribution is -2.27. The van der Waals surface area contributed by atoms with Crippen molar-refractivity contribution in [1.29, 1.82) is 0 Å². The van der Waals surface area contributed by atoms with E-state index in [0.717, 1.165) is 0 Å². The summed E-state index contributed by atoms with van der Waals surface area (Å²) in [6.45, 7) is 5.22. The molecule has 0 aliphatic rings.